The second-order valence-corrected chi connectivity index (χ2v) is 5.45. The van der Waals surface area contributed by atoms with Crippen molar-refractivity contribution in [2.75, 3.05) is 52.4 Å². The van der Waals surface area contributed by atoms with Gasteiger partial charge in [-0.25, -0.2) is 0 Å². The molecule has 0 radical (unpaired) electrons. The molecule has 0 saturated carbocycles. The lowest BCUT2D eigenvalue weighted by molar-refractivity contribution is -0.136. The molecule has 5 heteroatoms. The summed E-state index contributed by atoms with van der Waals surface area (Å²) in [6.07, 6.45) is 1.23. The molecule has 5 nitrogen and oxygen atoms in total. The number of nitrogens with one attached hydrogen (secondary N) is 1. The summed E-state index contributed by atoms with van der Waals surface area (Å²) in [5, 5.41) is 3.15. The van der Waals surface area contributed by atoms with Crippen LogP contribution in [0.3, 0.4) is 0 Å². The predicted octanol–water partition coefficient (Wildman–Crippen LogP) is 0.165. The summed E-state index contributed by atoms with van der Waals surface area (Å²) in [6.45, 7) is 11.6. The largest absolute Gasteiger partial charge is 0.375 e. The van der Waals surface area contributed by atoms with Crippen molar-refractivity contribution in [3.8, 4) is 0 Å². The van der Waals surface area contributed by atoms with Gasteiger partial charge in [0.2, 0.25) is 5.91 Å². The number of nitrogens with zero attached hydrogens (tertiary/aromatic N) is 2. The lowest BCUT2D eigenvalue weighted by atomic mass is 10.0. The molecular formula is C14H27N3O2. The Morgan fingerprint density at radius 1 is 1.37 bits per heavy atom. The molecule has 19 heavy (non-hydrogen) atoms. The Bertz CT molecular complexity index is 290. The molecule has 2 rings (SSSR count). The highest BCUT2D eigenvalue weighted by atomic mass is 16.5. The molecular weight excluding hydrogens is 242 g/mol. The zero-order valence-corrected chi connectivity index (χ0v) is 12.2. The zero-order chi connectivity index (χ0) is 13.7. The average Bonchev–Trinajstić information content (AvgIpc) is 2.81. The van der Waals surface area contributed by atoms with Crippen LogP contribution in [-0.4, -0.2) is 74.2 Å². The molecule has 0 aromatic rings. The van der Waals surface area contributed by atoms with Crippen LogP contribution in [-0.2, 0) is 9.53 Å². The fraction of sp³-hybridized carbons (Fsp3) is 0.929. The van der Waals surface area contributed by atoms with Crippen LogP contribution < -0.4 is 5.32 Å². The molecule has 0 spiro atoms. The van der Waals surface area contributed by atoms with Crippen molar-refractivity contribution in [1.82, 2.24) is 15.1 Å². The quantitative estimate of drug-likeness (QED) is 0.715. The number of ether oxygens (including phenoxy) is 1. The number of carbonyl (C=O) groups is 1. The lowest BCUT2D eigenvalue weighted by Crippen LogP contribution is -2.51. The van der Waals surface area contributed by atoms with E-state index in [4.69, 9.17) is 4.74 Å². The van der Waals surface area contributed by atoms with E-state index in [9.17, 15) is 4.79 Å². The van der Waals surface area contributed by atoms with E-state index in [0.717, 1.165) is 58.8 Å². The molecule has 0 bridgehead atoms. The lowest BCUT2D eigenvalue weighted by Gasteiger charge is -2.30. The molecule has 110 valence electrons. The Labute approximate surface area is 116 Å². The average molecular weight is 269 g/mol. The van der Waals surface area contributed by atoms with Gasteiger partial charge in [0.15, 0.2) is 0 Å². The van der Waals surface area contributed by atoms with Gasteiger partial charge in [0.1, 0.15) is 0 Å². The number of carbonyl (C=O) groups excluding carboxylic acids is 1. The Morgan fingerprint density at radius 3 is 2.68 bits per heavy atom. The number of rotatable bonds is 7. The van der Waals surface area contributed by atoms with E-state index in [0.29, 0.717) is 5.91 Å². The molecule has 0 aliphatic carbocycles. The van der Waals surface area contributed by atoms with Crippen LogP contribution in [0.2, 0.25) is 0 Å². The summed E-state index contributed by atoms with van der Waals surface area (Å²) in [7, 11) is 0. The smallest absolute Gasteiger partial charge is 0.228 e. The minimum atomic E-state index is 0.217. The normalized spacial score (nSPS) is 23.9. The van der Waals surface area contributed by atoms with E-state index in [1.165, 1.54) is 0 Å². The van der Waals surface area contributed by atoms with Crippen molar-refractivity contribution in [3.05, 3.63) is 0 Å². The first-order valence-corrected chi connectivity index (χ1v) is 7.58. The predicted molar refractivity (Wildman–Crippen MR) is 75.1 cm³/mol. The molecule has 1 N–H and O–H groups in total. The highest BCUT2D eigenvalue weighted by Crippen LogP contribution is 2.17. The van der Waals surface area contributed by atoms with Gasteiger partial charge in [-0.05, 0) is 19.5 Å². The summed E-state index contributed by atoms with van der Waals surface area (Å²) < 4.78 is 5.90. The van der Waals surface area contributed by atoms with Gasteiger partial charge in [0, 0.05) is 32.7 Å². The molecule has 2 heterocycles. The van der Waals surface area contributed by atoms with E-state index < -0.39 is 0 Å². The van der Waals surface area contributed by atoms with Crippen molar-refractivity contribution in [1.29, 1.82) is 0 Å². The van der Waals surface area contributed by atoms with Crippen LogP contribution in [0.15, 0.2) is 0 Å². The zero-order valence-electron chi connectivity index (χ0n) is 12.2. The maximum absolute atomic E-state index is 12.1. The summed E-state index contributed by atoms with van der Waals surface area (Å²) in [5.41, 5.74) is 0. The summed E-state index contributed by atoms with van der Waals surface area (Å²) >= 11 is 0. The first kappa shape index (κ1) is 14.8. The molecule has 2 aliphatic rings. The van der Waals surface area contributed by atoms with Gasteiger partial charge in [0.05, 0.1) is 18.6 Å². The van der Waals surface area contributed by atoms with E-state index in [-0.39, 0.29) is 12.0 Å². The third kappa shape index (κ3) is 3.91. The molecule has 0 aromatic heterocycles. The van der Waals surface area contributed by atoms with Crippen LogP contribution in [0.5, 0.6) is 0 Å². The molecule has 2 aliphatic heterocycles. The Kier molecular flexibility index (Phi) is 5.60. The van der Waals surface area contributed by atoms with Crippen molar-refractivity contribution >= 4 is 5.91 Å². The third-order valence-corrected chi connectivity index (χ3v) is 4.24. The number of hydrogen-bond acceptors (Lipinski definition) is 4. The Hall–Kier alpha value is -0.650. The van der Waals surface area contributed by atoms with Gasteiger partial charge in [-0.15, -0.1) is 0 Å². The number of likely N-dealkylation sites (tertiary alicyclic amines) is 1. The SMILES string of the molecule is CCN(CC)CCOC1CCN(C(=O)C2CNC2)C1. The molecule has 2 saturated heterocycles. The second kappa shape index (κ2) is 7.22. The van der Waals surface area contributed by atoms with E-state index in [1.807, 2.05) is 4.90 Å². The van der Waals surface area contributed by atoms with Crippen LogP contribution in [0.1, 0.15) is 20.3 Å². The van der Waals surface area contributed by atoms with Crippen LogP contribution in [0.4, 0.5) is 0 Å². The standard InChI is InChI=1S/C14H27N3O2/c1-3-16(4-2)7-8-19-13-5-6-17(11-13)14(18)12-9-15-10-12/h12-13,15H,3-11H2,1-2H3. The Balaban J connectivity index is 1.63. The van der Waals surface area contributed by atoms with E-state index in [1.54, 1.807) is 0 Å². The van der Waals surface area contributed by atoms with Crippen molar-refractivity contribution in [2.45, 2.75) is 26.4 Å². The topological polar surface area (TPSA) is 44.8 Å². The maximum atomic E-state index is 12.1. The molecule has 0 aromatic carbocycles. The molecule has 1 amide bonds. The highest BCUT2D eigenvalue weighted by Gasteiger charge is 2.33. The van der Waals surface area contributed by atoms with Crippen molar-refractivity contribution in [2.24, 2.45) is 5.92 Å². The number of amides is 1. The third-order valence-electron chi connectivity index (χ3n) is 4.24. The second-order valence-electron chi connectivity index (χ2n) is 5.45. The van der Waals surface area contributed by atoms with Crippen LogP contribution >= 0.6 is 0 Å². The highest BCUT2D eigenvalue weighted by molar-refractivity contribution is 5.80. The molecule has 1 atom stereocenters. The van der Waals surface area contributed by atoms with Gasteiger partial charge >= 0.3 is 0 Å². The van der Waals surface area contributed by atoms with Crippen molar-refractivity contribution in [3.63, 3.8) is 0 Å². The van der Waals surface area contributed by atoms with E-state index in [2.05, 4.69) is 24.1 Å². The first-order chi connectivity index (χ1) is 9.24. The van der Waals surface area contributed by atoms with Gasteiger partial charge in [-0.2, -0.15) is 0 Å². The van der Waals surface area contributed by atoms with Crippen LogP contribution in [0, 0.1) is 5.92 Å². The summed E-state index contributed by atoms with van der Waals surface area (Å²) in [4.78, 5) is 16.4. The molecule has 2 fully saturated rings. The minimum absolute atomic E-state index is 0.217. The van der Waals surface area contributed by atoms with Gasteiger partial charge in [-0.3, -0.25) is 4.79 Å². The van der Waals surface area contributed by atoms with Crippen LogP contribution in [0.25, 0.3) is 0 Å². The minimum Gasteiger partial charge on any atom is -0.375 e. The van der Waals surface area contributed by atoms with Gasteiger partial charge in [0.25, 0.3) is 0 Å². The Morgan fingerprint density at radius 2 is 2.11 bits per heavy atom. The number of likely N-dealkylation sites (N-methyl/N-ethyl adjacent to an activating group) is 1. The van der Waals surface area contributed by atoms with Gasteiger partial charge in [-0.1, -0.05) is 13.8 Å². The van der Waals surface area contributed by atoms with Gasteiger partial charge < -0.3 is 19.9 Å². The molecule has 1 unspecified atom stereocenters. The fourth-order valence-electron chi connectivity index (χ4n) is 2.67. The fourth-order valence-corrected chi connectivity index (χ4v) is 2.67. The monoisotopic (exact) mass is 269 g/mol. The van der Waals surface area contributed by atoms with Crippen molar-refractivity contribution < 1.29 is 9.53 Å². The maximum Gasteiger partial charge on any atom is 0.228 e. The number of hydrogen-bond donors (Lipinski definition) is 1. The summed E-state index contributed by atoms with van der Waals surface area (Å²) in [5.74, 6) is 0.531. The summed E-state index contributed by atoms with van der Waals surface area (Å²) in [6, 6.07) is 0. The van der Waals surface area contributed by atoms with E-state index >= 15 is 0 Å². The first-order valence-electron chi connectivity index (χ1n) is 7.58.